The van der Waals surface area contributed by atoms with Gasteiger partial charge in [-0.25, -0.2) is 8.42 Å². The molecule has 7 heteroatoms. The highest BCUT2D eigenvalue weighted by Crippen LogP contribution is 2.32. The molecule has 2 heterocycles. The zero-order chi connectivity index (χ0) is 15.0. The lowest BCUT2D eigenvalue weighted by atomic mass is 10.00. The number of nitrogens with zero attached hydrogens (tertiary/aromatic N) is 2. The van der Waals surface area contributed by atoms with E-state index in [0.29, 0.717) is 10.7 Å². The molecule has 1 aliphatic rings. The molecule has 0 unspecified atom stereocenters. The average molecular weight is 306 g/mol. The SMILES string of the molecule is Cc1ccc(S(=O)(=O)Nc2ccnn2C)c2c1NCCC2. The second kappa shape index (κ2) is 5.07. The van der Waals surface area contributed by atoms with Gasteiger partial charge in [-0.3, -0.25) is 9.40 Å². The molecule has 0 saturated heterocycles. The standard InChI is InChI=1S/C14H18N4O2S/c1-10-5-6-12(11-4-3-8-15-14(10)11)21(19,20)17-13-7-9-16-18(13)2/h5-7,9,15,17H,3-4,8H2,1-2H3. The van der Waals surface area contributed by atoms with Crippen LogP contribution in [0.15, 0.2) is 29.3 Å². The first kappa shape index (κ1) is 13.9. The molecule has 0 amide bonds. The van der Waals surface area contributed by atoms with Crippen LogP contribution >= 0.6 is 0 Å². The number of benzene rings is 1. The van der Waals surface area contributed by atoms with Crippen LogP contribution in [0, 0.1) is 6.92 Å². The number of hydrogen-bond donors (Lipinski definition) is 2. The van der Waals surface area contributed by atoms with Gasteiger partial charge < -0.3 is 5.32 Å². The Morgan fingerprint density at radius 1 is 1.33 bits per heavy atom. The van der Waals surface area contributed by atoms with E-state index in [9.17, 15) is 8.42 Å². The molecule has 0 bridgehead atoms. The van der Waals surface area contributed by atoms with Gasteiger partial charge in [0.05, 0.1) is 11.1 Å². The maximum atomic E-state index is 12.7. The Labute approximate surface area is 124 Å². The van der Waals surface area contributed by atoms with Crippen molar-refractivity contribution in [2.24, 2.45) is 7.05 Å². The number of anilines is 2. The zero-order valence-electron chi connectivity index (χ0n) is 12.0. The molecule has 0 spiro atoms. The van der Waals surface area contributed by atoms with E-state index < -0.39 is 10.0 Å². The number of nitrogens with one attached hydrogen (secondary N) is 2. The fraction of sp³-hybridized carbons (Fsp3) is 0.357. The van der Waals surface area contributed by atoms with Crippen molar-refractivity contribution in [1.29, 1.82) is 0 Å². The highest BCUT2D eigenvalue weighted by Gasteiger charge is 2.24. The van der Waals surface area contributed by atoms with E-state index in [1.54, 1.807) is 25.4 Å². The zero-order valence-corrected chi connectivity index (χ0v) is 12.9. The van der Waals surface area contributed by atoms with E-state index >= 15 is 0 Å². The Balaban J connectivity index is 2.05. The topological polar surface area (TPSA) is 76.0 Å². The first-order chi connectivity index (χ1) is 9.99. The third-order valence-corrected chi connectivity index (χ3v) is 5.17. The molecule has 0 aliphatic carbocycles. The normalized spacial score (nSPS) is 14.4. The van der Waals surface area contributed by atoms with Crippen molar-refractivity contribution in [3.63, 3.8) is 0 Å². The minimum Gasteiger partial charge on any atom is -0.385 e. The maximum absolute atomic E-state index is 12.7. The van der Waals surface area contributed by atoms with Crippen LogP contribution in [0.5, 0.6) is 0 Å². The van der Waals surface area contributed by atoms with Crippen molar-refractivity contribution in [1.82, 2.24) is 9.78 Å². The predicted octanol–water partition coefficient (Wildman–Crippen LogP) is 1.89. The number of rotatable bonds is 3. The fourth-order valence-corrected chi connectivity index (χ4v) is 4.00. The minimum atomic E-state index is -3.61. The van der Waals surface area contributed by atoms with Crippen molar-refractivity contribution in [3.8, 4) is 0 Å². The first-order valence-corrected chi connectivity index (χ1v) is 8.34. The molecule has 21 heavy (non-hydrogen) atoms. The van der Waals surface area contributed by atoms with E-state index in [-0.39, 0.29) is 0 Å². The lowest BCUT2D eigenvalue weighted by molar-refractivity contribution is 0.598. The third-order valence-electron chi connectivity index (χ3n) is 3.73. The van der Waals surface area contributed by atoms with Gasteiger partial charge in [-0.1, -0.05) is 6.07 Å². The molecule has 0 atom stereocenters. The summed E-state index contributed by atoms with van der Waals surface area (Å²) in [6.07, 6.45) is 3.26. The van der Waals surface area contributed by atoms with E-state index in [4.69, 9.17) is 0 Å². The first-order valence-electron chi connectivity index (χ1n) is 6.86. The van der Waals surface area contributed by atoms with Gasteiger partial charge in [0, 0.05) is 25.3 Å². The summed E-state index contributed by atoms with van der Waals surface area (Å²) in [5, 5.41) is 7.28. The lowest BCUT2D eigenvalue weighted by Gasteiger charge is -2.23. The highest BCUT2D eigenvalue weighted by molar-refractivity contribution is 7.92. The van der Waals surface area contributed by atoms with Gasteiger partial charge in [0.25, 0.3) is 10.0 Å². The van der Waals surface area contributed by atoms with Gasteiger partial charge in [0.1, 0.15) is 5.82 Å². The third kappa shape index (κ3) is 2.49. The van der Waals surface area contributed by atoms with Crippen molar-refractivity contribution >= 4 is 21.5 Å². The van der Waals surface area contributed by atoms with Gasteiger partial charge in [-0.15, -0.1) is 0 Å². The molecule has 0 radical (unpaired) electrons. The van der Waals surface area contributed by atoms with Crippen molar-refractivity contribution in [3.05, 3.63) is 35.5 Å². The second-order valence-electron chi connectivity index (χ2n) is 5.21. The molecule has 2 N–H and O–H groups in total. The van der Waals surface area contributed by atoms with E-state index in [0.717, 1.165) is 36.2 Å². The molecular weight excluding hydrogens is 288 g/mol. The van der Waals surface area contributed by atoms with Crippen LogP contribution in [0.1, 0.15) is 17.5 Å². The monoisotopic (exact) mass is 306 g/mol. The molecule has 2 aromatic rings. The van der Waals surface area contributed by atoms with Gasteiger partial charge in [-0.2, -0.15) is 5.10 Å². The summed E-state index contributed by atoms with van der Waals surface area (Å²) in [6, 6.07) is 5.16. The Hall–Kier alpha value is -2.02. The van der Waals surface area contributed by atoms with Crippen LogP contribution in [-0.2, 0) is 23.5 Å². The van der Waals surface area contributed by atoms with Crippen molar-refractivity contribution in [2.75, 3.05) is 16.6 Å². The lowest BCUT2D eigenvalue weighted by Crippen LogP contribution is -2.21. The molecule has 112 valence electrons. The summed E-state index contributed by atoms with van der Waals surface area (Å²) in [5.41, 5.74) is 2.90. The molecule has 1 aromatic carbocycles. The molecule has 0 saturated carbocycles. The Bertz CT molecular complexity index is 780. The molecule has 1 aromatic heterocycles. The van der Waals surface area contributed by atoms with Crippen LogP contribution in [0.25, 0.3) is 0 Å². The van der Waals surface area contributed by atoms with Crippen molar-refractivity contribution < 1.29 is 8.42 Å². The smallest absolute Gasteiger partial charge is 0.263 e. The predicted molar refractivity (Wildman–Crippen MR) is 82.0 cm³/mol. The molecule has 1 aliphatic heterocycles. The Morgan fingerprint density at radius 2 is 2.14 bits per heavy atom. The summed E-state index contributed by atoms with van der Waals surface area (Å²) < 4.78 is 29.4. The largest absolute Gasteiger partial charge is 0.385 e. The van der Waals surface area contributed by atoms with Crippen LogP contribution in [0.2, 0.25) is 0 Å². The number of aryl methyl sites for hydroxylation is 2. The Kier molecular flexibility index (Phi) is 3.36. The Morgan fingerprint density at radius 3 is 2.86 bits per heavy atom. The summed E-state index contributed by atoms with van der Waals surface area (Å²) >= 11 is 0. The van der Waals surface area contributed by atoms with Gasteiger partial charge in [-0.05, 0) is 37.0 Å². The average Bonchev–Trinajstić information content (AvgIpc) is 2.84. The highest BCUT2D eigenvalue weighted by atomic mass is 32.2. The summed E-state index contributed by atoms with van der Waals surface area (Å²) in [4.78, 5) is 0.344. The van der Waals surface area contributed by atoms with Crippen LogP contribution in [0.3, 0.4) is 0 Å². The molecule has 6 nitrogen and oxygen atoms in total. The van der Waals surface area contributed by atoms with E-state index in [1.165, 1.54) is 4.68 Å². The van der Waals surface area contributed by atoms with Crippen molar-refractivity contribution in [2.45, 2.75) is 24.7 Å². The van der Waals surface area contributed by atoms with E-state index in [2.05, 4.69) is 15.1 Å². The fourth-order valence-electron chi connectivity index (χ4n) is 2.64. The van der Waals surface area contributed by atoms with Gasteiger partial charge in [0.15, 0.2) is 0 Å². The van der Waals surface area contributed by atoms with Gasteiger partial charge in [0.2, 0.25) is 0 Å². The summed E-state index contributed by atoms with van der Waals surface area (Å²) in [6.45, 7) is 2.87. The molecule has 0 fully saturated rings. The summed E-state index contributed by atoms with van der Waals surface area (Å²) in [5.74, 6) is 0.452. The molecule has 3 rings (SSSR count). The quantitative estimate of drug-likeness (QED) is 0.908. The number of fused-ring (bicyclic) bond motifs is 1. The number of hydrogen-bond acceptors (Lipinski definition) is 4. The van der Waals surface area contributed by atoms with Crippen LogP contribution < -0.4 is 10.0 Å². The van der Waals surface area contributed by atoms with Crippen LogP contribution in [0.4, 0.5) is 11.5 Å². The number of aromatic nitrogens is 2. The number of sulfonamides is 1. The second-order valence-corrected chi connectivity index (χ2v) is 6.86. The minimum absolute atomic E-state index is 0.344. The summed E-state index contributed by atoms with van der Waals surface area (Å²) in [7, 11) is -1.92. The van der Waals surface area contributed by atoms with Gasteiger partial charge >= 0.3 is 0 Å². The van der Waals surface area contributed by atoms with Crippen LogP contribution in [-0.4, -0.2) is 24.7 Å². The maximum Gasteiger partial charge on any atom is 0.263 e. The van der Waals surface area contributed by atoms with E-state index in [1.807, 2.05) is 13.0 Å². The molecular formula is C14H18N4O2S.